The molecule has 0 aromatic heterocycles. The maximum absolute atomic E-state index is 5.92. The van der Waals surface area contributed by atoms with Gasteiger partial charge >= 0.3 is 0 Å². The summed E-state index contributed by atoms with van der Waals surface area (Å²) in [6, 6.07) is 0.487. The zero-order chi connectivity index (χ0) is 9.90. The Morgan fingerprint density at radius 1 is 1.31 bits per heavy atom. The highest BCUT2D eigenvalue weighted by molar-refractivity contribution is 7.99. The van der Waals surface area contributed by atoms with E-state index in [-0.39, 0.29) is 5.41 Å². The van der Waals surface area contributed by atoms with E-state index in [2.05, 4.69) is 25.8 Å². The van der Waals surface area contributed by atoms with Crippen molar-refractivity contribution in [1.82, 2.24) is 0 Å². The predicted octanol–water partition coefficient (Wildman–Crippen LogP) is 2.29. The Bertz CT molecular complexity index is 188. The summed E-state index contributed by atoms with van der Waals surface area (Å²) in [6.07, 6.45) is 2.39. The van der Waals surface area contributed by atoms with E-state index in [1.807, 2.05) is 11.8 Å². The molecule has 0 aromatic carbocycles. The number of rotatable bonds is 1. The molecule has 3 heteroatoms. The van der Waals surface area contributed by atoms with Crippen molar-refractivity contribution < 1.29 is 0 Å². The summed E-state index contributed by atoms with van der Waals surface area (Å²) in [5.41, 5.74) is 5.96. The van der Waals surface area contributed by atoms with E-state index in [0.29, 0.717) is 6.04 Å². The predicted molar refractivity (Wildman–Crippen MR) is 61.4 cm³/mol. The minimum atomic E-state index is 0.0323. The van der Waals surface area contributed by atoms with Gasteiger partial charge in [-0.3, -0.25) is 4.99 Å². The molecule has 0 bridgehead atoms. The van der Waals surface area contributed by atoms with Gasteiger partial charge < -0.3 is 5.73 Å². The second kappa shape index (κ2) is 4.36. The van der Waals surface area contributed by atoms with E-state index >= 15 is 0 Å². The molecule has 2 N–H and O–H groups in total. The summed E-state index contributed by atoms with van der Waals surface area (Å²) >= 11 is 2.02. The summed E-state index contributed by atoms with van der Waals surface area (Å²) in [5.74, 6) is 3.29. The number of nitrogens with two attached hydrogens (primary N) is 1. The first-order valence-corrected chi connectivity index (χ1v) is 6.07. The zero-order valence-corrected chi connectivity index (χ0v) is 9.66. The lowest BCUT2D eigenvalue weighted by molar-refractivity contribution is 0.558. The van der Waals surface area contributed by atoms with Crippen molar-refractivity contribution in [3.63, 3.8) is 0 Å². The van der Waals surface area contributed by atoms with E-state index in [9.17, 15) is 0 Å². The number of hydrogen-bond donors (Lipinski definition) is 1. The van der Waals surface area contributed by atoms with Crippen LogP contribution in [0, 0.1) is 5.41 Å². The molecule has 1 aliphatic rings. The number of hydrogen-bond acceptors (Lipinski definition) is 2. The second-order valence-corrected chi connectivity index (χ2v) is 5.83. The summed E-state index contributed by atoms with van der Waals surface area (Å²) in [4.78, 5) is 4.59. The van der Waals surface area contributed by atoms with Gasteiger partial charge in [-0.25, -0.2) is 0 Å². The van der Waals surface area contributed by atoms with Crippen molar-refractivity contribution in [3.8, 4) is 0 Å². The normalized spacial score (nSPS) is 21.9. The zero-order valence-electron chi connectivity index (χ0n) is 8.84. The van der Waals surface area contributed by atoms with Gasteiger partial charge in [-0.1, -0.05) is 20.8 Å². The molecule has 0 spiro atoms. The van der Waals surface area contributed by atoms with Gasteiger partial charge in [0.05, 0.1) is 11.9 Å². The quantitative estimate of drug-likeness (QED) is 0.521. The minimum Gasteiger partial charge on any atom is -0.387 e. The molecule has 76 valence electrons. The SMILES string of the molecule is CC(C)(C)C(N)=NC1CCSCC1. The van der Waals surface area contributed by atoms with E-state index in [1.54, 1.807) is 0 Å². The lowest BCUT2D eigenvalue weighted by atomic mass is 9.95. The third-order valence-electron chi connectivity index (χ3n) is 2.28. The Hall–Kier alpha value is -0.180. The molecule has 1 fully saturated rings. The van der Waals surface area contributed by atoms with E-state index in [4.69, 9.17) is 5.73 Å². The topological polar surface area (TPSA) is 38.4 Å². The molecule has 1 heterocycles. The average molecular weight is 200 g/mol. The molecular formula is C10H20N2S. The highest BCUT2D eigenvalue weighted by Gasteiger charge is 2.19. The van der Waals surface area contributed by atoms with Gasteiger partial charge in [0.15, 0.2) is 0 Å². The van der Waals surface area contributed by atoms with Gasteiger partial charge in [-0.2, -0.15) is 11.8 Å². The molecule has 0 unspecified atom stereocenters. The Balaban J connectivity index is 2.53. The van der Waals surface area contributed by atoms with E-state index < -0.39 is 0 Å². The molecule has 0 saturated carbocycles. The summed E-state index contributed by atoms with van der Waals surface area (Å²) < 4.78 is 0. The Morgan fingerprint density at radius 2 is 1.85 bits per heavy atom. The van der Waals surface area contributed by atoms with Crippen LogP contribution in [-0.2, 0) is 0 Å². The molecular weight excluding hydrogens is 180 g/mol. The van der Waals surface area contributed by atoms with Crippen molar-refractivity contribution in [3.05, 3.63) is 0 Å². The Labute approximate surface area is 85.4 Å². The molecule has 1 rings (SSSR count). The monoisotopic (exact) mass is 200 g/mol. The van der Waals surface area contributed by atoms with Crippen molar-refractivity contribution in [2.45, 2.75) is 39.7 Å². The van der Waals surface area contributed by atoms with Crippen molar-refractivity contribution in [1.29, 1.82) is 0 Å². The van der Waals surface area contributed by atoms with Gasteiger partial charge in [0.2, 0.25) is 0 Å². The van der Waals surface area contributed by atoms with Crippen LogP contribution in [0.5, 0.6) is 0 Å². The Kier molecular flexibility index (Phi) is 3.65. The molecule has 0 atom stereocenters. The molecule has 13 heavy (non-hydrogen) atoms. The van der Waals surface area contributed by atoms with Crippen molar-refractivity contribution >= 4 is 17.6 Å². The fraction of sp³-hybridized carbons (Fsp3) is 0.900. The van der Waals surface area contributed by atoms with Crippen LogP contribution in [-0.4, -0.2) is 23.4 Å². The summed E-state index contributed by atoms with van der Waals surface area (Å²) in [5, 5.41) is 0. The molecule has 0 amide bonds. The summed E-state index contributed by atoms with van der Waals surface area (Å²) in [7, 11) is 0. The smallest absolute Gasteiger partial charge is 0.0994 e. The van der Waals surface area contributed by atoms with Crippen LogP contribution in [0.3, 0.4) is 0 Å². The van der Waals surface area contributed by atoms with Gasteiger partial charge in [-0.05, 0) is 24.3 Å². The first kappa shape index (κ1) is 10.9. The van der Waals surface area contributed by atoms with Crippen LogP contribution in [0.2, 0.25) is 0 Å². The molecule has 1 saturated heterocycles. The van der Waals surface area contributed by atoms with E-state index in [0.717, 1.165) is 5.84 Å². The van der Waals surface area contributed by atoms with Crippen LogP contribution >= 0.6 is 11.8 Å². The third kappa shape index (κ3) is 3.59. The van der Waals surface area contributed by atoms with E-state index in [1.165, 1.54) is 24.3 Å². The van der Waals surface area contributed by atoms with Gasteiger partial charge in [0, 0.05) is 5.41 Å². The number of thioether (sulfide) groups is 1. The molecule has 2 nitrogen and oxygen atoms in total. The number of amidine groups is 1. The third-order valence-corrected chi connectivity index (χ3v) is 3.33. The number of aliphatic imine (C=N–C) groups is 1. The maximum atomic E-state index is 5.92. The van der Waals surface area contributed by atoms with Crippen LogP contribution in [0.1, 0.15) is 33.6 Å². The lowest BCUT2D eigenvalue weighted by Crippen LogP contribution is -2.31. The second-order valence-electron chi connectivity index (χ2n) is 4.61. The van der Waals surface area contributed by atoms with Crippen LogP contribution in [0.15, 0.2) is 4.99 Å². The fourth-order valence-corrected chi connectivity index (χ4v) is 2.29. The lowest BCUT2D eigenvalue weighted by Gasteiger charge is -2.23. The van der Waals surface area contributed by atoms with Crippen LogP contribution < -0.4 is 5.73 Å². The highest BCUT2D eigenvalue weighted by Crippen LogP contribution is 2.21. The van der Waals surface area contributed by atoms with Crippen molar-refractivity contribution in [2.75, 3.05) is 11.5 Å². The molecule has 0 aliphatic carbocycles. The highest BCUT2D eigenvalue weighted by atomic mass is 32.2. The Morgan fingerprint density at radius 3 is 2.31 bits per heavy atom. The number of nitrogens with zero attached hydrogens (tertiary/aromatic N) is 1. The fourth-order valence-electron chi connectivity index (χ4n) is 1.20. The van der Waals surface area contributed by atoms with Gasteiger partial charge in [-0.15, -0.1) is 0 Å². The maximum Gasteiger partial charge on any atom is 0.0994 e. The van der Waals surface area contributed by atoms with Crippen LogP contribution in [0.4, 0.5) is 0 Å². The standard InChI is InChI=1S/C10H20N2S/c1-10(2,3)9(11)12-8-4-6-13-7-5-8/h8H,4-7H2,1-3H3,(H2,11,12). The van der Waals surface area contributed by atoms with Crippen LogP contribution in [0.25, 0.3) is 0 Å². The van der Waals surface area contributed by atoms with Gasteiger partial charge in [0.1, 0.15) is 0 Å². The molecule has 0 radical (unpaired) electrons. The first-order valence-electron chi connectivity index (χ1n) is 4.91. The average Bonchev–Trinajstić information content (AvgIpc) is 2.04. The first-order chi connectivity index (χ1) is 6.00. The largest absolute Gasteiger partial charge is 0.387 e. The van der Waals surface area contributed by atoms with Crippen molar-refractivity contribution in [2.24, 2.45) is 16.1 Å². The minimum absolute atomic E-state index is 0.0323. The molecule has 0 aromatic rings. The summed E-state index contributed by atoms with van der Waals surface area (Å²) in [6.45, 7) is 6.34. The van der Waals surface area contributed by atoms with Gasteiger partial charge in [0.25, 0.3) is 0 Å². The molecule has 1 aliphatic heterocycles.